The zero-order valence-corrected chi connectivity index (χ0v) is 23.3. The van der Waals surface area contributed by atoms with Crippen LogP contribution in [0.5, 0.6) is 5.75 Å². The molecular formula is C30H23ClF3N5O5. The Hall–Kier alpha value is -5.45. The fourth-order valence-corrected chi connectivity index (χ4v) is 3.89. The van der Waals surface area contributed by atoms with E-state index in [0.717, 1.165) is 0 Å². The zero-order valence-electron chi connectivity index (χ0n) is 22.5. The van der Waals surface area contributed by atoms with Gasteiger partial charge in [-0.2, -0.15) is 18.4 Å². The predicted molar refractivity (Wildman–Crippen MR) is 157 cm³/mol. The van der Waals surface area contributed by atoms with E-state index in [1.54, 1.807) is 72.8 Å². The molecule has 0 fully saturated rings. The van der Waals surface area contributed by atoms with Crippen molar-refractivity contribution in [3.05, 3.63) is 95.0 Å². The Morgan fingerprint density at radius 2 is 1.64 bits per heavy atom. The Morgan fingerprint density at radius 1 is 0.955 bits per heavy atom. The van der Waals surface area contributed by atoms with E-state index in [0.29, 0.717) is 38.7 Å². The number of carboxylic acids is 1. The van der Waals surface area contributed by atoms with Crippen molar-refractivity contribution < 1.29 is 37.8 Å². The number of nitriles is 1. The molecule has 1 aromatic heterocycles. The van der Waals surface area contributed by atoms with Gasteiger partial charge in [0, 0.05) is 40.4 Å². The van der Waals surface area contributed by atoms with E-state index < -0.39 is 18.1 Å². The number of nitrogens with one attached hydrogen (secondary N) is 2. The van der Waals surface area contributed by atoms with Gasteiger partial charge in [0.15, 0.2) is 5.82 Å². The molecule has 0 aliphatic carbocycles. The molecule has 0 aliphatic rings. The highest BCUT2D eigenvalue weighted by Crippen LogP contribution is 2.37. The summed E-state index contributed by atoms with van der Waals surface area (Å²) in [6.07, 6.45) is -4.92. The Bertz CT molecular complexity index is 1730. The van der Waals surface area contributed by atoms with E-state index in [1.807, 2.05) is 0 Å². The number of anilines is 2. The summed E-state index contributed by atoms with van der Waals surface area (Å²) >= 11 is 6.01. The van der Waals surface area contributed by atoms with Crippen LogP contribution in [-0.4, -0.2) is 45.7 Å². The van der Waals surface area contributed by atoms with Crippen molar-refractivity contribution in [2.75, 3.05) is 17.2 Å². The minimum Gasteiger partial charge on any atom is -0.507 e. The number of phenols is 1. The largest absolute Gasteiger partial charge is 0.507 e. The third kappa shape index (κ3) is 8.78. The van der Waals surface area contributed by atoms with E-state index in [-0.39, 0.29) is 36.0 Å². The summed E-state index contributed by atoms with van der Waals surface area (Å²) in [7, 11) is 0. The van der Waals surface area contributed by atoms with Crippen LogP contribution < -0.4 is 16.4 Å². The van der Waals surface area contributed by atoms with E-state index in [4.69, 9.17) is 27.2 Å². The van der Waals surface area contributed by atoms with E-state index in [1.165, 1.54) is 6.07 Å². The van der Waals surface area contributed by atoms with Crippen molar-refractivity contribution in [3.63, 3.8) is 0 Å². The molecule has 44 heavy (non-hydrogen) atoms. The average Bonchev–Trinajstić information content (AvgIpc) is 2.97. The standard InChI is InChI=1S/C28H22ClN5O3.C2HF3O2/c29-19-9-10-21(25(35)14-19)24-15-22(18-7-4-8-20(13-18)32-26(36)11-12-30)23(16-31)27(33-24)34-28(37)17-5-2-1-3-6-17;3-2(4,5)1(6)7/h1-10,13-15,35H,11-12,30H2,(H,32,36)(H,33,34,37);(H,6,7). The van der Waals surface area contributed by atoms with Crippen molar-refractivity contribution in [2.45, 2.75) is 12.6 Å². The number of carboxylic acid groups (broad SMARTS) is 1. The van der Waals surface area contributed by atoms with Gasteiger partial charge in [0.2, 0.25) is 5.91 Å². The quantitative estimate of drug-likeness (QED) is 0.170. The lowest BCUT2D eigenvalue weighted by Crippen LogP contribution is -2.21. The number of nitrogens with zero attached hydrogens (tertiary/aromatic N) is 2. The summed E-state index contributed by atoms with van der Waals surface area (Å²) in [5.41, 5.74) is 8.19. The summed E-state index contributed by atoms with van der Waals surface area (Å²) < 4.78 is 31.7. The number of pyridine rings is 1. The van der Waals surface area contributed by atoms with E-state index in [2.05, 4.69) is 21.7 Å². The van der Waals surface area contributed by atoms with Gasteiger partial charge < -0.3 is 26.6 Å². The molecule has 0 saturated heterocycles. The van der Waals surface area contributed by atoms with Crippen molar-refractivity contribution in [1.29, 1.82) is 5.26 Å². The number of carbonyl (C=O) groups excluding carboxylic acids is 2. The normalized spacial score (nSPS) is 10.5. The monoisotopic (exact) mass is 625 g/mol. The first kappa shape index (κ1) is 33.1. The fourth-order valence-electron chi connectivity index (χ4n) is 3.72. The second kappa shape index (κ2) is 14.6. The molecular weight excluding hydrogens is 603 g/mol. The number of nitrogens with two attached hydrogens (primary N) is 1. The van der Waals surface area contributed by atoms with Crippen LogP contribution in [0.2, 0.25) is 5.02 Å². The number of aromatic hydroxyl groups is 1. The number of alkyl halides is 3. The molecule has 226 valence electrons. The number of halogens is 4. The second-order valence-electron chi connectivity index (χ2n) is 8.84. The Labute approximate surface area is 253 Å². The Balaban J connectivity index is 0.000000676. The maximum absolute atomic E-state index is 12.9. The predicted octanol–water partition coefficient (Wildman–Crippen LogP) is 5.82. The number of hydrogen-bond acceptors (Lipinski definition) is 7. The maximum atomic E-state index is 12.9. The van der Waals surface area contributed by atoms with Gasteiger partial charge in [-0.25, -0.2) is 9.78 Å². The van der Waals surface area contributed by atoms with Crippen LogP contribution in [0.25, 0.3) is 22.4 Å². The molecule has 0 bridgehead atoms. The van der Waals surface area contributed by atoms with Gasteiger partial charge in [-0.3, -0.25) is 9.59 Å². The first-order chi connectivity index (χ1) is 20.8. The Morgan fingerprint density at radius 3 is 2.23 bits per heavy atom. The fraction of sp³-hybridized carbons (Fsp3) is 0.100. The maximum Gasteiger partial charge on any atom is 0.490 e. The number of carbonyl (C=O) groups is 3. The number of aliphatic carboxylic acids is 1. The molecule has 1 heterocycles. The van der Waals surface area contributed by atoms with Crippen molar-refractivity contribution in [1.82, 2.24) is 4.98 Å². The van der Waals surface area contributed by atoms with Gasteiger partial charge in [-0.05, 0) is 54.1 Å². The van der Waals surface area contributed by atoms with Gasteiger partial charge in [-0.15, -0.1) is 0 Å². The molecule has 0 spiro atoms. The van der Waals surface area contributed by atoms with Crippen LogP contribution in [0.4, 0.5) is 24.7 Å². The van der Waals surface area contributed by atoms with Crippen LogP contribution in [-0.2, 0) is 9.59 Å². The summed E-state index contributed by atoms with van der Waals surface area (Å²) in [4.78, 5) is 38.4. The zero-order chi connectivity index (χ0) is 32.4. The van der Waals surface area contributed by atoms with Gasteiger partial charge in [0.1, 0.15) is 17.4 Å². The summed E-state index contributed by atoms with van der Waals surface area (Å²) in [5.74, 6) is -3.53. The van der Waals surface area contributed by atoms with Crippen molar-refractivity contribution in [3.8, 4) is 34.2 Å². The van der Waals surface area contributed by atoms with Gasteiger partial charge in [0.25, 0.3) is 5.91 Å². The van der Waals surface area contributed by atoms with Crippen molar-refractivity contribution >= 4 is 40.9 Å². The molecule has 0 radical (unpaired) electrons. The molecule has 0 aliphatic heterocycles. The molecule has 0 unspecified atom stereocenters. The first-order valence-electron chi connectivity index (χ1n) is 12.5. The summed E-state index contributed by atoms with van der Waals surface area (Å²) in [6.45, 7) is 0.215. The number of rotatable bonds is 7. The minimum absolute atomic E-state index is 0.0239. The first-order valence-corrected chi connectivity index (χ1v) is 12.9. The molecule has 14 heteroatoms. The van der Waals surface area contributed by atoms with Gasteiger partial charge >= 0.3 is 12.1 Å². The summed E-state index contributed by atoms with van der Waals surface area (Å²) in [5, 5.41) is 33.6. The van der Waals surface area contributed by atoms with Gasteiger partial charge in [0.05, 0.1) is 5.69 Å². The average molecular weight is 626 g/mol. The molecule has 2 amide bonds. The van der Waals surface area contributed by atoms with Crippen LogP contribution >= 0.6 is 11.6 Å². The smallest absolute Gasteiger partial charge is 0.490 e. The molecule has 10 nitrogen and oxygen atoms in total. The van der Waals surface area contributed by atoms with E-state index in [9.17, 15) is 33.1 Å². The molecule has 0 atom stereocenters. The highest BCUT2D eigenvalue weighted by Gasteiger charge is 2.38. The van der Waals surface area contributed by atoms with Crippen LogP contribution in [0, 0.1) is 11.3 Å². The van der Waals surface area contributed by atoms with Crippen LogP contribution in [0.1, 0.15) is 22.3 Å². The highest BCUT2D eigenvalue weighted by atomic mass is 35.5. The SMILES string of the molecule is N#Cc1c(-c2cccc(NC(=O)CCN)c2)cc(-c2ccc(Cl)cc2O)nc1NC(=O)c1ccccc1.O=C(O)C(F)(F)F. The second-order valence-corrected chi connectivity index (χ2v) is 9.28. The Kier molecular flexibility index (Phi) is 11.0. The van der Waals surface area contributed by atoms with Crippen molar-refractivity contribution in [2.24, 2.45) is 5.73 Å². The van der Waals surface area contributed by atoms with Gasteiger partial charge in [-0.1, -0.05) is 41.9 Å². The lowest BCUT2D eigenvalue weighted by molar-refractivity contribution is -0.192. The van der Waals surface area contributed by atoms with Crippen LogP contribution in [0.15, 0.2) is 78.9 Å². The highest BCUT2D eigenvalue weighted by molar-refractivity contribution is 6.30. The molecule has 4 aromatic rings. The molecule has 0 saturated carbocycles. The van der Waals surface area contributed by atoms with Crippen LogP contribution in [0.3, 0.4) is 0 Å². The summed E-state index contributed by atoms with van der Waals surface area (Å²) in [6, 6.07) is 23.8. The number of hydrogen-bond donors (Lipinski definition) is 5. The number of benzene rings is 3. The third-order valence-corrected chi connectivity index (χ3v) is 5.94. The lowest BCUT2D eigenvalue weighted by Gasteiger charge is -2.15. The third-order valence-electron chi connectivity index (χ3n) is 5.71. The molecule has 3 aromatic carbocycles. The topological polar surface area (TPSA) is 178 Å². The number of aromatic nitrogens is 1. The van der Waals surface area contributed by atoms with E-state index >= 15 is 0 Å². The minimum atomic E-state index is -5.08. The number of amides is 2. The lowest BCUT2D eigenvalue weighted by atomic mass is 9.97. The molecule has 4 rings (SSSR count). The molecule has 6 N–H and O–H groups in total. The number of phenolic OH excluding ortho intramolecular Hbond substituents is 1.